The topological polar surface area (TPSA) is 21.3 Å². The fourth-order valence-corrected chi connectivity index (χ4v) is 1.87. The highest BCUT2D eigenvalue weighted by molar-refractivity contribution is 5.24. The van der Waals surface area contributed by atoms with Gasteiger partial charge < -0.3 is 10.1 Å². The molecule has 1 aromatic carbocycles. The number of hydrogen-bond acceptors (Lipinski definition) is 2. The molecule has 0 aromatic heterocycles. The normalized spacial score (nSPS) is 14.3. The Hall–Kier alpha value is -1.16. The van der Waals surface area contributed by atoms with Crippen LogP contribution in [0, 0.1) is 11.6 Å². The van der Waals surface area contributed by atoms with Gasteiger partial charge in [0.05, 0.1) is 0 Å². The van der Waals surface area contributed by atoms with Gasteiger partial charge in [0.25, 0.3) is 0 Å². The number of halogens is 2. The Morgan fingerprint density at radius 1 is 1.17 bits per heavy atom. The number of ether oxygens (including phenoxy) is 1. The minimum atomic E-state index is -0.619. The van der Waals surface area contributed by atoms with Gasteiger partial charge in [-0.2, -0.15) is 0 Å². The second kappa shape index (κ2) is 7.31. The van der Waals surface area contributed by atoms with Crippen LogP contribution < -0.4 is 10.1 Å². The van der Waals surface area contributed by atoms with Crippen molar-refractivity contribution >= 4 is 0 Å². The van der Waals surface area contributed by atoms with E-state index in [1.54, 1.807) is 0 Å². The average molecular weight is 257 g/mol. The van der Waals surface area contributed by atoms with Crippen molar-refractivity contribution < 1.29 is 13.5 Å². The summed E-state index contributed by atoms with van der Waals surface area (Å²) < 4.78 is 31.6. The molecule has 0 radical (unpaired) electrons. The maximum Gasteiger partial charge on any atom is 0.129 e. The third kappa shape index (κ3) is 4.61. The van der Waals surface area contributed by atoms with Crippen molar-refractivity contribution in [2.24, 2.45) is 0 Å². The van der Waals surface area contributed by atoms with Gasteiger partial charge in [0.15, 0.2) is 0 Å². The van der Waals surface area contributed by atoms with Crippen LogP contribution in [0.2, 0.25) is 0 Å². The second-order valence-electron chi connectivity index (χ2n) is 4.40. The second-order valence-corrected chi connectivity index (χ2v) is 4.40. The predicted molar refractivity (Wildman–Crippen MR) is 68.8 cm³/mol. The van der Waals surface area contributed by atoms with E-state index < -0.39 is 11.6 Å². The van der Waals surface area contributed by atoms with Crippen LogP contribution in [0.15, 0.2) is 18.2 Å². The first-order chi connectivity index (χ1) is 8.56. The van der Waals surface area contributed by atoms with Crippen LogP contribution in [0.3, 0.4) is 0 Å². The lowest BCUT2D eigenvalue weighted by Gasteiger charge is -2.25. The molecule has 0 bridgehead atoms. The minimum Gasteiger partial charge on any atom is -0.489 e. The highest BCUT2D eigenvalue weighted by atomic mass is 19.1. The monoisotopic (exact) mass is 257 g/mol. The molecular weight excluding hydrogens is 236 g/mol. The molecule has 1 rings (SSSR count). The number of benzene rings is 1. The summed E-state index contributed by atoms with van der Waals surface area (Å²) in [5.41, 5.74) is 0. The molecule has 18 heavy (non-hydrogen) atoms. The van der Waals surface area contributed by atoms with Crippen molar-refractivity contribution in [3.8, 4) is 5.75 Å². The first kappa shape index (κ1) is 14.9. The van der Waals surface area contributed by atoms with E-state index in [4.69, 9.17) is 4.74 Å². The van der Waals surface area contributed by atoms with Crippen LogP contribution in [0.25, 0.3) is 0 Å². The van der Waals surface area contributed by atoms with Gasteiger partial charge >= 0.3 is 0 Å². The zero-order valence-electron chi connectivity index (χ0n) is 11.2. The number of rotatable bonds is 7. The number of hydrogen-bond donors (Lipinski definition) is 1. The lowest BCUT2D eigenvalue weighted by molar-refractivity contribution is 0.166. The Balaban J connectivity index is 2.63. The molecule has 2 atom stereocenters. The van der Waals surface area contributed by atoms with E-state index in [2.05, 4.69) is 19.2 Å². The molecule has 0 fully saturated rings. The van der Waals surface area contributed by atoms with E-state index in [9.17, 15) is 8.78 Å². The van der Waals surface area contributed by atoms with Crippen LogP contribution in [-0.2, 0) is 0 Å². The SMILES string of the molecule is CCCNC(CC)C(C)Oc1cc(F)cc(F)c1. The van der Waals surface area contributed by atoms with Crippen molar-refractivity contribution in [2.45, 2.75) is 45.8 Å². The van der Waals surface area contributed by atoms with E-state index in [0.717, 1.165) is 25.5 Å². The zero-order valence-corrected chi connectivity index (χ0v) is 11.2. The van der Waals surface area contributed by atoms with Gasteiger partial charge in [-0.15, -0.1) is 0 Å². The van der Waals surface area contributed by atoms with E-state index in [1.165, 1.54) is 12.1 Å². The van der Waals surface area contributed by atoms with Crippen molar-refractivity contribution in [1.82, 2.24) is 5.32 Å². The smallest absolute Gasteiger partial charge is 0.129 e. The molecule has 0 heterocycles. The molecule has 0 amide bonds. The average Bonchev–Trinajstić information content (AvgIpc) is 2.28. The van der Waals surface area contributed by atoms with Gasteiger partial charge in [0.2, 0.25) is 0 Å². The Labute approximate surface area is 107 Å². The van der Waals surface area contributed by atoms with E-state index in [0.29, 0.717) is 0 Å². The van der Waals surface area contributed by atoms with Gasteiger partial charge in [0, 0.05) is 24.2 Å². The first-order valence-electron chi connectivity index (χ1n) is 6.43. The summed E-state index contributed by atoms with van der Waals surface area (Å²) in [4.78, 5) is 0. The molecule has 4 heteroatoms. The van der Waals surface area contributed by atoms with Crippen molar-refractivity contribution in [2.75, 3.05) is 6.54 Å². The lowest BCUT2D eigenvalue weighted by atomic mass is 10.1. The molecule has 1 N–H and O–H groups in total. The first-order valence-corrected chi connectivity index (χ1v) is 6.43. The largest absolute Gasteiger partial charge is 0.489 e. The van der Waals surface area contributed by atoms with Crippen LogP contribution in [0.5, 0.6) is 5.75 Å². The van der Waals surface area contributed by atoms with Crippen molar-refractivity contribution in [1.29, 1.82) is 0 Å². The van der Waals surface area contributed by atoms with E-state index in [1.807, 2.05) is 6.92 Å². The summed E-state index contributed by atoms with van der Waals surface area (Å²) >= 11 is 0. The highest BCUT2D eigenvalue weighted by Gasteiger charge is 2.16. The van der Waals surface area contributed by atoms with Crippen molar-refractivity contribution in [3.63, 3.8) is 0 Å². The Kier molecular flexibility index (Phi) is 6.05. The van der Waals surface area contributed by atoms with Crippen molar-refractivity contribution in [3.05, 3.63) is 29.8 Å². The lowest BCUT2D eigenvalue weighted by Crippen LogP contribution is -2.41. The molecule has 0 saturated carbocycles. The molecule has 102 valence electrons. The summed E-state index contributed by atoms with van der Waals surface area (Å²) in [7, 11) is 0. The van der Waals surface area contributed by atoms with E-state index in [-0.39, 0.29) is 17.9 Å². The summed E-state index contributed by atoms with van der Waals surface area (Å²) in [5.74, 6) is -1.00. The van der Waals surface area contributed by atoms with Gasteiger partial charge in [-0.1, -0.05) is 13.8 Å². The molecule has 2 unspecified atom stereocenters. The zero-order chi connectivity index (χ0) is 13.5. The Morgan fingerprint density at radius 3 is 2.28 bits per heavy atom. The van der Waals surface area contributed by atoms with Gasteiger partial charge in [-0.3, -0.25) is 0 Å². The molecular formula is C14H21F2NO. The molecule has 2 nitrogen and oxygen atoms in total. The fraction of sp³-hybridized carbons (Fsp3) is 0.571. The maximum atomic E-state index is 13.0. The Morgan fingerprint density at radius 2 is 1.78 bits per heavy atom. The van der Waals surface area contributed by atoms with Gasteiger partial charge in [0.1, 0.15) is 23.5 Å². The molecule has 0 aliphatic rings. The molecule has 0 aliphatic heterocycles. The Bertz CT molecular complexity index is 351. The molecule has 1 aromatic rings. The summed E-state index contributed by atoms with van der Waals surface area (Å²) in [6, 6.07) is 3.42. The number of nitrogens with one attached hydrogen (secondary N) is 1. The summed E-state index contributed by atoms with van der Waals surface area (Å²) in [5, 5.41) is 3.36. The van der Waals surface area contributed by atoms with Crippen LogP contribution >= 0.6 is 0 Å². The minimum absolute atomic E-state index is 0.136. The molecule has 0 spiro atoms. The molecule has 0 saturated heterocycles. The third-order valence-corrected chi connectivity index (χ3v) is 2.82. The highest BCUT2D eigenvalue weighted by Crippen LogP contribution is 2.18. The van der Waals surface area contributed by atoms with Crippen LogP contribution in [0.4, 0.5) is 8.78 Å². The fourth-order valence-electron chi connectivity index (χ4n) is 1.87. The van der Waals surface area contributed by atoms with Gasteiger partial charge in [-0.05, 0) is 26.3 Å². The van der Waals surface area contributed by atoms with E-state index >= 15 is 0 Å². The van der Waals surface area contributed by atoms with Gasteiger partial charge in [-0.25, -0.2) is 8.78 Å². The summed E-state index contributed by atoms with van der Waals surface area (Å²) in [6.07, 6.45) is 1.80. The maximum absolute atomic E-state index is 13.0. The third-order valence-electron chi connectivity index (χ3n) is 2.82. The standard InChI is InChI=1S/C14H21F2NO/c1-4-6-17-14(5-2)10(3)18-13-8-11(15)7-12(16)9-13/h7-10,14,17H,4-6H2,1-3H3. The quantitative estimate of drug-likeness (QED) is 0.807. The van der Waals surface area contributed by atoms with Crippen LogP contribution in [0.1, 0.15) is 33.6 Å². The molecule has 0 aliphatic carbocycles. The predicted octanol–water partition coefficient (Wildman–Crippen LogP) is 3.51. The van der Waals surface area contributed by atoms with Crippen LogP contribution in [-0.4, -0.2) is 18.7 Å². The summed E-state index contributed by atoms with van der Waals surface area (Å²) in [6.45, 7) is 6.95.